The number of hydrogen-bond acceptors (Lipinski definition) is 7. The van der Waals surface area contributed by atoms with E-state index in [0.717, 1.165) is 10.6 Å². The minimum absolute atomic E-state index is 0.0520. The minimum Gasteiger partial charge on any atom is -0.452 e. The number of aromatic nitrogens is 2. The standard InChI is InChI=1S/C19H22N4O7S/c1-12(13-4-7-15(8-5-13)31(20,28)29)21-16(24)11-30-17(25)9-6-14-10-22(2)19(27)23(3)18(14)26/h4-10,12H,11H2,1-3H3,(H,21,24)(H2,20,28,29)/b9-6+. The zero-order valence-corrected chi connectivity index (χ0v) is 17.9. The van der Waals surface area contributed by atoms with Gasteiger partial charge in [-0.3, -0.25) is 14.2 Å². The van der Waals surface area contributed by atoms with Crippen molar-refractivity contribution in [2.75, 3.05) is 6.61 Å². The number of nitrogens with two attached hydrogens (primary N) is 1. The molecule has 0 aliphatic heterocycles. The summed E-state index contributed by atoms with van der Waals surface area (Å²) in [6.45, 7) is 1.11. The maximum absolute atomic E-state index is 12.0. The van der Waals surface area contributed by atoms with Crippen molar-refractivity contribution in [2.24, 2.45) is 19.2 Å². The molecule has 0 fully saturated rings. The van der Waals surface area contributed by atoms with E-state index in [0.29, 0.717) is 5.56 Å². The molecule has 0 saturated heterocycles. The summed E-state index contributed by atoms with van der Waals surface area (Å²) in [6, 6.07) is 5.18. The second kappa shape index (κ2) is 9.53. The van der Waals surface area contributed by atoms with Crippen LogP contribution < -0.4 is 21.7 Å². The Hall–Kier alpha value is -3.51. The molecule has 0 bridgehead atoms. The first-order chi connectivity index (χ1) is 14.4. The number of esters is 1. The fraction of sp³-hybridized carbons (Fsp3) is 0.263. The molecule has 31 heavy (non-hydrogen) atoms. The Kier molecular flexibility index (Phi) is 7.31. The van der Waals surface area contributed by atoms with E-state index in [4.69, 9.17) is 9.88 Å². The fourth-order valence-corrected chi connectivity index (χ4v) is 3.12. The molecule has 0 saturated carbocycles. The summed E-state index contributed by atoms with van der Waals surface area (Å²) in [4.78, 5) is 47.4. The van der Waals surface area contributed by atoms with Gasteiger partial charge >= 0.3 is 11.7 Å². The number of nitrogens with one attached hydrogen (secondary N) is 1. The van der Waals surface area contributed by atoms with Crippen molar-refractivity contribution in [1.82, 2.24) is 14.5 Å². The second-order valence-electron chi connectivity index (χ2n) is 6.69. The number of amides is 1. The van der Waals surface area contributed by atoms with Crippen LogP contribution in [0.25, 0.3) is 6.08 Å². The highest BCUT2D eigenvalue weighted by Crippen LogP contribution is 2.15. The number of benzene rings is 1. The van der Waals surface area contributed by atoms with Gasteiger partial charge in [-0.05, 0) is 30.7 Å². The Morgan fingerprint density at radius 3 is 2.39 bits per heavy atom. The lowest BCUT2D eigenvalue weighted by Crippen LogP contribution is -2.37. The van der Waals surface area contributed by atoms with Crippen molar-refractivity contribution in [3.05, 3.63) is 68.5 Å². The molecular weight excluding hydrogens is 428 g/mol. The molecule has 2 rings (SSSR count). The second-order valence-corrected chi connectivity index (χ2v) is 8.25. The zero-order chi connectivity index (χ0) is 23.3. The van der Waals surface area contributed by atoms with E-state index in [-0.39, 0.29) is 10.5 Å². The van der Waals surface area contributed by atoms with E-state index in [1.54, 1.807) is 6.92 Å². The maximum atomic E-state index is 12.0. The first-order valence-corrected chi connectivity index (χ1v) is 10.5. The normalized spacial score (nSPS) is 12.5. The van der Waals surface area contributed by atoms with Gasteiger partial charge in [0, 0.05) is 26.4 Å². The Bertz CT molecular complexity index is 1240. The smallest absolute Gasteiger partial charge is 0.331 e. The van der Waals surface area contributed by atoms with Crippen LogP contribution in [0.1, 0.15) is 24.1 Å². The van der Waals surface area contributed by atoms with Crippen molar-refractivity contribution in [3.8, 4) is 0 Å². The lowest BCUT2D eigenvalue weighted by molar-refractivity contribution is -0.144. The molecule has 0 aliphatic rings. The van der Waals surface area contributed by atoms with E-state index >= 15 is 0 Å². The van der Waals surface area contributed by atoms with Crippen molar-refractivity contribution < 1.29 is 22.7 Å². The third-order valence-corrected chi connectivity index (χ3v) is 5.23. The third kappa shape index (κ3) is 6.23. The number of sulfonamides is 1. The number of ether oxygens (including phenoxy) is 1. The van der Waals surface area contributed by atoms with E-state index in [1.165, 1.54) is 55.2 Å². The molecule has 12 heteroatoms. The molecule has 1 atom stereocenters. The number of aryl methyl sites for hydroxylation is 1. The SMILES string of the molecule is CC(NC(=O)COC(=O)/C=C/c1cn(C)c(=O)n(C)c1=O)c1ccc(S(N)(=O)=O)cc1. The van der Waals surface area contributed by atoms with Crippen LogP contribution >= 0.6 is 0 Å². The largest absolute Gasteiger partial charge is 0.452 e. The summed E-state index contributed by atoms with van der Waals surface area (Å²) < 4.78 is 29.5. The molecular formula is C19H22N4O7S. The molecule has 0 radical (unpaired) electrons. The average Bonchev–Trinajstić information content (AvgIpc) is 2.71. The van der Waals surface area contributed by atoms with Gasteiger partial charge in [-0.2, -0.15) is 0 Å². The molecule has 1 unspecified atom stereocenters. The van der Waals surface area contributed by atoms with Crippen LogP contribution in [-0.4, -0.2) is 36.0 Å². The Morgan fingerprint density at radius 1 is 1.19 bits per heavy atom. The fourth-order valence-electron chi connectivity index (χ4n) is 2.61. The van der Waals surface area contributed by atoms with Crippen molar-refractivity contribution in [2.45, 2.75) is 17.9 Å². The predicted octanol–water partition coefficient (Wildman–Crippen LogP) is -0.835. The Morgan fingerprint density at radius 2 is 1.81 bits per heavy atom. The highest BCUT2D eigenvalue weighted by Gasteiger charge is 2.13. The molecule has 1 aromatic heterocycles. The third-order valence-electron chi connectivity index (χ3n) is 4.30. The predicted molar refractivity (Wildman–Crippen MR) is 111 cm³/mol. The molecule has 0 aliphatic carbocycles. The maximum Gasteiger partial charge on any atom is 0.331 e. The van der Waals surface area contributed by atoms with E-state index in [9.17, 15) is 27.6 Å². The summed E-state index contributed by atoms with van der Waals surface area (Å²) in [5, 5.41) is 7.64. The highest BCUT2D eigenvalue weighted by atomic mass is 32.2. The summed E-state index contributed by atoms with van der Waals surface area (Å²) >= 11 is 0. The van der Waals surface area contributed by atoms with Gasteiger partial charge in [0.25, 0.3) is 11.5 Å². The van der Waals surface area contributed by atoms with Crippen LogP contribution in [0.5, 0.6) is 0 Å². The molecule has 1 amide bonds. The van der Waals surface area contributed by atoms with Gasteiger partial charge in [0.2, 0.25) is 10.0 Å². The zero-order valence-electron chi connectivity index (χ0n) is 17.1. The van der Waals surface area contributed by atoms with Gasteiger partial charge in [-0.15, -0.1) is 0 Å². The first-order valence-electron chi connectivity index (χ1n) is 8.93. The molecule has 166 valence electrons. The van der Waals surface area contributed by atoms with E-state index in [1.807, 2.05) is 0 Å². The van der Waals surface area contributed by atoms with Crippen LogP contribution in [0.15, 0.2) is 51.0 Å². The summed E-state index contributed by atoms with van der Waals surface area (Å²) in [7, 11) is -1.03. The molecule has 2 aromatic rings. The quantitative estimate of drug-likeness (QED) is 0.411. The van der Waals surface area contributed by atoms with Crippen molar-refractivity contribution in [3.63, 3.8) is 0 Å². The summed E-state index contributed by atoms with van der Waals surface area (Å²) in [6.07, 6.45) is 3.45. The van der Waals surface area contributed by atoms with Crippen molar-refractivity contribution in [1.29, 1.82) is 0 Å². The molecule has 0 spiro atoms. The van der Waals surface area contributed by atoms with Crippen LogP contribution in [-0.2, 0) is 38.4 Å². The van der Waals surface area contributed by atoms with Gasteiger partial charge in [0.05, 0.1) is 16.5 Å². The summed E-state index contributed by atoms with van der Waals surface area (Å²) in [5.74, 6) is -1.43. The van der Waals surface area contributed by atoms with Gasteiger partial charge in [0.1, 0.15) is 0 Å². The van der Waals surface area contributed by atoms with Gasteiger partial charge in [-0.1, -0.05) is 12.1 Å². The molecule has 1 aromatic carbocycles. The Labute approximate surface area is 177 Å². The number of nitrogens with zero attached hydrogens (tertiary/aromatic N) is 2. The first kappa shape index (κ1) is 23.8. The minimum atomic E-state index is -3.81. The number of primary sulfonamides is 1. The molecule has 11 nitrogen and oxygen atoms in total. The highest BCUT2D eigenvalue weighted by molar-refractivity contribution is 7.89. The van der Waals surface area contributed by atoms with Gasteiger partial charge < -0.3 is 14.6 Å². The topological polar surface area (TPSA) is 160 Å². The number of carbonyl (C=O) groups excluding carboxylic acids is 2. The van der Waals surface area contributed by atoms with Crippen LogP contribution in [0.4, 0.5) is 0 Å². The van der Waals surface area contributed by atoms with E-state index in [2.05, 4.69) is 5.32 Å². The number of rotatable bonds is 7. The van der Waals surface area contributed by atoms with E-state index < -0.39 is 45.8 Å². The monoisotopic (exact) mass is 450 g/mol. The van der Waals surface area contributed by atoms with Gasteiger partial charge in [-0.25, -0.2) is 23.1 Å². The number of carbonyl (C=O) groups is 2. The van der Waals surface area contributed by atoms with Crippen LogP contribution in [0, 0.1) is 0 Å². The average molecular weight is 450 g/mol. The van der Waals surface area contributed by atoms with Crippen molar-refractivity contribution >= 4 is 28.0 Å². The molecule has 1 heterocycles. The van der Waals surface area contributed by atoms with Gasteiger partial charge in [0.15, 0.2) is 6.61 Å². The number of hydrogen-bond donors (Lipinski definition) is 2. The lowest BCUT2D eigenvalue weighted by atomic mass is 10.1. The summed E-state index contributed by atoms with van der Waals surface area (Å²) in [5.41, 5.74) is -0.359. The van der Waals surface area contributed by atoms with Crippen LogP contribution in [0.3, 0.4) is 0 Å². The molecule has 3 N–H and O–H groups in total. The lowest BCUT2D eigenvalue weighted by Gasteiger charge is -2.14. The Balaban J connectivity index is 1.92. The van der Waals surface area contributed by atoms with Crippen LogP contribution in [0.2, 0.25) is 0 Å².